The van der Waals surface area contributed by atoms with Crippen molar-refractivity contribution >= 4 is 22.9 Å². The third-order valence-corrected chi connectivity index (χ3v) is 5.21. The van der Waals surface area contributed by atoms with Gasteiger partial charge in [0.05, 0.1) is 5.52 Å². The molecule has 29 heavy (non-hydrogen) atoms. The first kappa shape index (κ1) is 19.3. The zero-order chi connectivity index (χ0) is 20.4. The summed E-state index contributed by atoms with van der Waals surface area (Å²) >= 11 is 0. The number of aryl methyl sites for hydroxylation is 2. The maximum absolute atomic E-state index is 12.7. The van der Waals surface area contributed by atoms with Gasteiger partial charge < -0.3 is 14.8 Å². The molecule has 1 amide bonds. The van der Waals surface area contributed by atoms with Crippen LogP contribution in [0.2, 0.25) is 0 Å². The summed E-state index contributed by atoms with van der Waals surface area (Å²) in [6, 6.07) is 5.84. The number of hydrogen-bond donors (Lipinski definition) is 1. The van der Waals surface area contributed by atoms with E-state index < -0.39 is 0 Å². The van der Waals surface area contributed by atoms with Crippen LogP contribution in [-0.4, -0.2) is 61.9 Å². The number of aromatic amines is 1. The van der Waals surface area contributed by atoms with Crippen molar-refractivity contribution in [1.29, 1.82) is 0 Å². The zero-order valence-corrected chi connectivity index (χ0v) is 17.2. The van der Waals surface area contributed by atoms with Gasteiger partial charge >= 0.3 is 0 Å². The van der Waals surface area contributed by atoms with Crippen LogP contribution in [0.15, 0.2) is 24.4 Å². The van der Waals surface area contributed by atoms with E-state index in [0.717, 1.165) is 41.8 Å². The van der Waals surface area contributed by atoms with Gasteiger partial charge in [-0.2, -0.15) is 0 Å². The summed E-state index contributed by atoms with van der Waals surface area (Å²) in [5.74, 6) is 3.11. The number of nitrogens with zero attached hydrogens (tertiary/aromatic N) is 6. The molecule has 8 heteroatoms. The fraction of sp³-hybridized carbons (Fsp3) is 0.476. The molecular formula is C21H27N7O. The summed E-state index contributed by atoms with van der Waals surface area (Å²) in [4.78, 5) is 38.0. The Bertz CT molecular complexity index is 972. The van der Waals surface area contributed by atoms with E-state index in [-0.39, 0.29) is 5.91 Å². The van der Waals surface area contributed by atoms with Crippen molar-refractivity contribution < 1.29 is 4.79 Å². The first-order valence-electron chi connectivity index (χ1n) is 10.2. The molecule has 0 spiro atoms. The molecule has 1 saturated heterocycles. The molecule has 0 radical (unpaired) electrons. The van der Waals surface area contributed by atoms with E-state index in [0.29, 0.717) is 37.5 Å². The summed E-state index contributed by atoms with van der Waals surface area (Å²) in [5.41, 5.74) is 2.59. The fourth-order valence-electron chi connectivity index (χ4n) is 3.58. The minimum atomic E-state index is 0.166. The molecule has 1 aliphatic rings. The monoisotopic (exact) mass is 393 g/mol. The third kappa shape index (κ3) is 4.36. The Balaban J connectivity index is 1.32. The van der Waals surface area contributed by atoms with Gasteiger partial charge in [-0.05, 0) is 19.1 Å². The summed E-state index contributed by atoms with van der Waals surface area (Å²) < 4.78 is 0. The Morgan fingerprint density at radius 3 is 2.69 bits per heavy atom. The predicted octanol–water partition coefficient (Wildman–Crippen LogP) is 2.46. The van der Waals surface area contributed by atoms with E-state index in [1.165, 1.54) is 0 Å². The van der Waals surface area contributed by atoms with Gasteiger partial charge in [-0.25, -0.2) is 19.9 Å². The number of hydrogen-bond acceptors (Lipinski definition) is 6. The van der Waals surface area contributed by atoms with Crippen molar-refractivity contribution in [3.8, 4) is 0 Å². The van der Waals surface area contributed by atoms with Gasteiger partial charge in [0.15, 0.2) is 5.65 Å². The van der Waals surface area contributed by atoms with Gasteiger partial charge in [-0.1, -0.05) is 13.8 Å². The zero-order valence-electron chi connectivity index (χ0n) is 17.2. The molecule has 0 saturated carbocycles. The Kier molecular flexibility index (Phi) is 5.42. The number of rotatable bonds is 5. The van der Waals surface area contributed by atoms with Gasteiger partial charge in [0.2, 0.25) is 5.91 Å². The Labute approximate surface area is 170 Å². The number of carbonyl (C=O) groups is 1. The lowest BCUT2D eigenvalue weighted by molar-refractivity contribution is -0.131. The molecule has 0 aromatic carbocycles. The molecular weight excluding hydrogens is 366 g/mol. The van der Waals surface area contributed by atoms with Gasteiger partial charge in [0.1, 0.15) is 17.5 Å². The molecule has 0 aliphatic carbocycles. The number of H-pyrrole nitrogens is 1. The van der Waals surface area contributed by atoms with Crippen molar-refractivity contribution in [3.05, 3.63) is 41.7 Å². The lowest BCUT2D eigenvalue weighted by Crippen LogP contribution is -2.49. The first-order valence-corrected chi connectivity index (χ1v) is 10.2. The first-order chi connectivity index (χ1) is 14.0. The molecule has 8 nitrogen and oxygen atoms in total. The molecule has 0 atom stereocenters. The number of nitrogens with one attached hydrogen (secondary N) is 1. The van der Waals surface area contributed by atoms with Gasteiger partial charge in [-0.15, -0.1) is 0 Å². The van der Waals surface area contributed by atoms with Crippen LogP contribution in [0.5, 0.6) is 0 Å². The van der Waals surface area contributed by atoms with Gasteiger partial charge in [-0.3, -0.25) is 4.79 Å². The second-order valence-corrected chi connectivity index (χ2v) is 7.81. The molecule has 152 valence electrons. The van der Waals surface area contributed by atoms with Crippen LogP contribution >= 0.6 is 0 Å². The number of amides is 1. The second-order valence-electron chi connectivity index (χ2n) is 7.81. The van der Waals surface area contributed by atoms with Crippen LogP contribution in [0.25, 0.3) is 11.2 Å². The van der Waals surface area contributed by atoms with Crippen LogP contribution in [0, 0.1) is 6.92 Å². The summed E-state index contributed by atoms with van der Waals surface area (Å²) in [6.45, 7) is 9.20. The standard InChI is InChI=1S/C21H27N7O/c1-14(2)20-23-15(3)13-18(26-20)27-9-11-28(12-10-27)19(29)7-6-17-24-16-5-4-8-22-21(16)25-17/h4-5,8,13-14H,6-7,9-12H2,1-3H3,(H,22,24,25). The minimum absolute atomic E-state index is 0.166. The normalized spacial score (nSPS) is 14.8. The summed E-state index contributed by atoms with van der Waals surface area (Å²) in [7, 11) is 0. The second kappa shape index (κ2) is 8.14. The maximum atomic E-state index is 12.7. The van der Waals surface area contributed by atoms with E-state index in [4.69, 9.17) is 4.98 Å². The lowest BCUT2D eigenvalue weighted by Gasteiger charge is -2.35. The molecule has 3 aromatic heterocycles. The Morgan fingerprint density at radius 1 is 1.17 bits per heavy atom. The number of anilines is 1. The van der Waals surface area contributed by atoms with E-state index >= 15 is 0 Å². The van der Waals surface area contributed by atoms with E-state index in [9.17, 15) is 4.79 Å². The van der Waals surface area contributed by atoms with Crippen molar-refractivity contribution in [1.82, 2.24) is 29.8 Å². The Hall–Kier alpha value is -3.03. The highest BCUT2D eigenvalue weighted by atomic mass is 16.2. The fourth-order valence-corrected chi connectivity index (χ4v) is 3.58. The molecule has 0 unspecified atom stereocenters. The van der Waals surface area contributed by atoms with Gasteiger partial charge in [0, 0.05) is 62.9 Å². The van der Waals surface area contributed by atoms with Crippen molar-refractivity contribution in [2.45, 2.75) is 39.5 Å². The van der Waals surface area contributed by atoms with Crippen LogP contribution in [0.3, 0.4) is 0 Å². The van der Waals surface area contributed by atoms with Crippen molar-refractivity contribution in [3.63, 3.8) is 0 Å². The molecule has 1 fully saturated rings. The highest BCUT2D eigenvalue weighted by Gasteiger charge is 2.23. The molecule has 0 bridgehead atoms. The minimum Gasteiger partial charge on any atom is -0.353 e. The third-order valence-electron chi connectivity index (χ3n) is 5.21. The van der Waals surface area contributed by atoms with Crippen molar-refractivity contribution in [2.75, 3.05) is 31.1 Å². The number of piperazine rings is 1. The van der Waals surface area contributed by atoms with Crippen LogP contribution in [-0.2, 0) is 11.2 Å². The average molecular weight is 393 g/mol. The van der Waals surface area contributed by atoms with E-state index in [2.05, 4.69) is 38.7 Å². The van der Waals surface area contributed by atoms with Crippen LogP contribution < -0.4 is 4.90 Å². The highest BCUT2D eigenvalue weighted by Crippen LogP contribution is 2.19. The predicted molar refractivity (Wildman–Crippen MR) is 112 cm³/mol. The average Bonchev–Trinajstić information content (AvgIpc) is 3.14. The van der Waals surface area contributed by atoms with E-state index in [1.54, 1.807) is 6.20 Å². The van der Waals surface area contributed by atoms with E-state index in [1.807, 2.05) is 30.0 Å². The summed E-state index contributed by atoms with van der Waals surface area (Å²) in [5, 5.41) is 0. The molecule has 4 heterocycles. The largest absolute Gasteiger partial charge is 0.353 e. The summed E-state index contributed by atoms with van der Waals surface area (Å²) in [6.07, 6.45) is 2.77. The maximum Gasteiger partial charge on any atom is 0.223 e. The lowest BCUT2D eigenvalue weighted by atomic mass is 10.2. The molecule has 1 N–H and O–H groups in total. The number of imidazole rings is 1. The number of fused-ring (bicyclic) bond motifs is 1. The van der Waals surface area contributed by atoms with Crippen LogP contribution in [0.4, 0.5) is 5.82 Å². The number of carbonyl (C=O) groups excluding carboxylic acids is 1. The molecule has 4 rings (SSSR count). The molecule has 3 aromatic rings. The van der Waals surface area contributed by atoms with Crippen molar-refractivity contribution in [2.24, 2.45) is 0 Å². The molecule has 1 aliphatic heterocycles. The quantitative estimate of drug-likeness (QED) is 0.716. The topological polar surface area (TPSA) is 90.9 Å². The number of aromatic nitrogens is 5. The SMILES string of the molecule is Cc1cc(N2CCN(C(=O)CCc3nc4ncccc4[nH]3)CC2)nc(C(C)C)n1. The van der Waals surface area contributed by atoms with Crippen LogP contribution in [0.1, 0.15) is 43.5 Å². The smallest absolute Gasteiger partial charge is 0.223 e. The van der Waals surface area contributed by atoms with Gasteiger partial charge in [0.25, 0.3) is 0 Å². The Morgan fingerprint density at radius 2 is 1.97 bits per heavy atom. The highest BCUT2D eigenvalue weighted by molar-refractivity contribution is 5.77. The number of pyridine rings is 1.